The fraction of sp³-hybridized carbons (Fsp3) is 0.250. The molecule has 0 aliphatic heterocycles. The lowest BCUT2D eigenvalue weighted by atomic mass is 10.1. The summed E-state index contributed by atoms with van der Waals surface area (Å²) < 4.78 is 47.2. The lowest BCUT2D eigenvalue weighted by Crippen LogP contribution is -2.07. The monoisotopic (exact) mass is 240 g/mol. The molecule has 0 fully saturated rings. The van der Waals surface area contributed by atoms with Crippen LogP contribution in [0.3, 0.4) is 0 Å². The van der Waals surface area contributed by atoms with Gasteiger partial charge in [0.25, 0.3) is 15.0 Å². The molecule has 0 heterocycles. The summed E-state index contributed by atoms with van der Waals surface area (Å²) in [6.45, 7) is 0.687. The molecule has 0 N–H and O–H groups in total. The van der Waals surface area contributed by atoms with Gasteiger partial charge in [-0.15, -0.1) is 0 Å². The average molecular weight is 241 g/mol. The van der Waals surface area contributed by atoms with Gasteiger partial charge in [0.15, 0.2) is 0 Å². The Balaban J connectivity index is 3.29. The molecule has 0 bridgehead atoms. The Hall–Kier alpha value is -0.680. The molecule has 0 aromatic heterocycles. The van der Waals surface area contributed by atoms with Crippen molar-refractivity contribution in [1.82, 2.24) is 0 Å². The van der Waals surface area contributed by atoms with Crippen LogP contribution in [0.25, 0.3) is 0 Å². The Kier molecular flexibility index (Phi) is 2.83. The number of hydrogen-bond acceptors (Lipinski definition) is 2. The Morgan fingerprint density at radius 2 is 1.93 bits per heavy atom. The van der Waals surface area contributed by atoms with Crippen LogP contribution in [0, 0.1) is 0 Å². The number of alkyl halides is 2. The fourth-order valence-electron chi connectivity index (χ4n) is 0.921. The minimum Gasteiger partial charge on any atom is -0.207 e. The largest absolute Gasteiger partial charge is 0.270 e. The van der Waals surface area contributed by atoms with Gasteiger partial charge < -0.3 is 0 Å². The Morgan fingerprint density at radius 3 is 2.36 bits per heavy atom. The van der Waals surface area contributed by atoms with Crippen molar-refractivity contribution in [2.75, 3.05) is 0 Å². The zero-order valence-electron chi connectivity index (χ0n) is 7.17. The molecule has 0 spiro atoms. The third kappa shape index (κ3) is 2.65. The molecule has 0 amide bonds. The van der Waals surface area contributed by atoms with Gasteiger partial charge in [-0.25, -0.2) is 17.2 Å². The van der Waals surface area contributed by atoms with Gasteiger partial charge in [-0.05, 0) is 12.1 Å². The highest BCUT2D eigenvalue weighted by atomic mass is 35.7. The maximum absolute atomic E-state index is 12.8. The minimum atomic E-state index is -3.95. The normalized spacial score (nSPS) is 12.9. The number of hydrogen-bond donors (Lipinski definition) is 0. The molecule has 14 heavy (non-hydrogen) atoms. The van der Waals surface area contributed by atoms with Gasteiger partial charge in [0.05, 0.1) is 4.90 Å². The zero-order chi connectivity index (χ0) is 11.0. The molecular formula is C8H7ClF2O2S. The summed E-state index contributed by atoms with van der Waals surface area (Å²) in [6.07, 6.45) is 0. The zero-order valence-corrected chi connectivity index (χ0v) is 8.74. The molecule has 1 aromatic rings. The number of benzene rings is 1. The van der Waals surface area contributed by atoms with Gasteiger partial charge in [-0.3, -0.25) is 0 Å². The van der Waals surface area contributed by atoms with Crippen LogP contribution in [0.5, 0.6) is 0 Å². The van der Waals surface area contributed by atoms with Crippen LogP contribution in [-0.4, -0.2) is 8.42 Å². The van der Waals surface area contributed by atoms with Crippen LogP contribution < -0.4 is 0 Å². The summed E-state index contributed by atoms with van der Waals surface area (Å²) in [5.41, 5.74) is -0.376. The van der Waals surface area contributed by atoms with Gasteiger partial charge in [-0.2, -0.15) is 0 Å². The quantitative estimate of drug-likeness (QED) is 0.745. The van der Waals surface area contributed by atoms with E-state index in [1.807, 2.05) is 0 Å². The lowest BCUT2D eigenvalue weighted by Gasteiger charge is -2.10. The van der Waals surface area contributed by atoms with Crippen molar-refractivity contribution in [2.45, 2.75) is 17.7 Å². The second-order valence-corrected chi connectivity index (χ2v) is 5.42. The topological polar surface area (TPSA) is 34.1 Å². The van der Waals surface area contributed by atoms with Gasteiger partial charge in [0.1, 0.15) is 0 Å². The molecule has 0 saturated heterocycles. The van der Waals surface area contributed by atoms with Crippen LogP contribution in [-0.2, 0) is 15.0 Å². The maximum atomic E-state index is 12.8. The van der Waals surface area contributed by atoms with Gasteiger partial charge >= 0.3 is 0 Å². The molecule has 1 aromatic carbocycles. The number of halogens is 3. The van der Waals surface area contributed by atoms with E-state index in [0.717, 1.165) is 18.2 Å². The Morgan fingerprint density at radius 1 is 1.36 bits per heavy atom. The van der Waals surface area contributed by atoms with Crippen LogP contribution in [0.15, 0.2) is 29.2 Å². The molecule has 0 radical (unpaired) electrons. The van der Waals surface area contributed by atoms with E-state index < -0.39 is 15.0 Å². The highest BCUT2D eigenvalue weighted by Gasteiger charge is 2.25. The summed E-state index contributed by atoms with van der Waals surface area (Å²) in [4.78, 5) is -0.321. The Labute approximate surface area is 84.9 Å². The third-order valence-electron chi connectivity index (χ3n) is 1.62. The first-order valence-corrected chi connectivity index (χ1v) is 5.95. The maximum Gasteiger partial charge on any atom is 0.270 e. The standard InChI is InChI=1S/C8H7ClF2O2S/c1-8(10,11)6-3-2-4-7(5-6)14(9,12)13/h2-5H,1H3. The van der Waals surface area contributed by atoms with E-state index in [4.69, 9.17) is 10.7 Å². The average Bonchev–Trinajstić information content (AvgIpc) is 2.01. The van der Waals surface area contributed by atoms with E-state index in [-0.39, 0.29) is 10.5 Å². The molecule has 0 aliphatic carbocycles. The first kappa shape index (κ1) is 11.4. The molecule has 1 rings (SSSR count). The molecular weight excluding hydrogens is 234 g/mol. The van der Waals surface area contributed by atoms with Gasteiger partial charge in [0, 0.05) is 23.2 Å². The van der Waals surface area contributed by atoms with Crippen LogP contribution in [0.4, 0.5) is 8.78 Å². The van der Waals surface area contributed by atoms with Crippen molar-refractivity contribution < 1.29 is 17.2 Å². The van der Waals surface area contributed by atoms with E-state index in [2.05, 4.69) is 0 Å². The summed E-state index contributed by atoms with van der Waals surface area (Å²) >= 11 is 0. The van der Waals surface area contributed by atoms with Crippen molar-refractivity contribution in [3.05, 3.63) is 29.8 Å². The third-order valence-corrected chi connectivity index (χ3v) is 2.97. The molecule has 0 atom stereocenters. The van der Waals surface area contributed by atoms with Crippen molar-refractivity contribution in [3.63, 3.8) is 0 Å². The molecule has 78 valence electrons. The van der Waals surface area contributed by atoms with E-state index >= 15 is 0 Å². The van der Waals surface area contributed by atoms with E-state index in [1.165, 1.54) is 6.07 Å². The molecule has 0 unspecified atom stereocenters. The minimum absolute atomic E-state index is 0.321. The second kappa shape index (κ2) is 3.47. The van der Waals surface area contributed by atoms with Gasteiger partial charge in [0.2, 0.25) is 0 Å². The van der Waals surface area contributed by atoms with Gasteiger partial charge in [-0.1, -0.05) is 12.1 Å². The van der Waals surface area contributed by atoms with Crippen molar-refractivity contribution in [2.24, 2.45) is 0 Å². The molecule has 6 heteroatoms. The van der Waals surface area contributed by atoms with E-state index in [1.54, 1.807) is 0 Å². The molecule has 0 aliphatic rings. The Bertz CT molecular complexity index is 437. The summed E-state index contributed by atoms with van der Waals surface area (Å²) in [7, 11) is 1.06. The van der Waals surface area contributed by atoms with E-state index in [9.17, 15) is 17.2 Å². The molecule has 2 nitrogen and oxygen atoms in total. The summed E-state index contributed by atoms with van der Waals surface area (Å²) in [5, 5.41) is 0. The molecule has 0 saturated carbocycles. The second-order valence-electron chi connectivity index (χ2n) is 2.85. The number of rotatable bonds is 2. The highest BCUT2D eigenvalue weighted by Crippen LogP contribution is 2.29. The van der Waals surface area contributed by atoms with Crippen LogP contribution in [0.1, 0.15) is 12.5 Å². The first-order valence-electron chi connectivity index (χ1n) is 3.64. The lowest BCUT2D eigenvalue weighted by molar-refractivity contribution is 0.0172. The predicted octanol–water partition coefficient (Wildman–Crippen LogP) is 2.73. The summed E-state index contributed by atoms with van der Waals surface area (Å²) in [5.74, 6) is -3.07. The highest BCUT2D eigenvalue weighted by molar-refractivity contribution is 8.13. The van der Waals surface area contributed by atoms with E-state index in [0.29, 0.717) is 6.92 Å². The van der Waals surface area contributed by atoms with Crippen molar-refractivity contribution in [1.29, 1.82) is 0 Å². The van der Waals surface area contributed by atoms with Crippen LogP contribution in [0.2, 0.25) is 0 Å². The predicted molar refractivity (Wildman–Crippen MR) is 49.0 cm³/mol. The SMILES string of the molecule is CC(F)(F)c1cccc(S(=O)(=O)Cl)c1. The van der Waals surface area contributed by atoms with Crippen LogP contribution >= 0.6 is 10.7 Å². The van der Waals surface area contributed by atoms with Crippen molar-refractivity contribution in [3.8, 4) is 0 Å². The van der Waals surface area contributed by atoms with Crippen molar-refractivity contribution >= 4 is 19.7 Å². The smallest absolute Gasteiger partial charge is 0.207 e. The fourth-order valence-corrected chi connectivity index (χ4v) is 1.72. The first-order chi connectivity index (χ1) is 6.21. The summed E-state index contributed by atoms with van der Waals surface area (Å²) in [6, 6.07) is 4.40.